The highest BCUT2D eigenvalue weighted by atomic mass is 32.2. The van der Waals surface area contributed by atoms with Gasteiger partial charge < -0.3 is 40.4 Å². The van der Waals surface area contributed by atoms with E-state index in [-0.39, 0.29) is 68.9 Å². The van der Waals surface area contributed by atoms with Gasteiger partial charge in [-0.1, -0.05) is 181 Å². The molecule has 0 bridgehead atoms. The number of thioether (sulfide) groups is 1. The fourth-order valence-electron chi connectivity index (χ4n) is 8.97. The smallest absolute Gasteiger partial charge is 0.472 e. The number of amides is 3. The lowest BCUT2D eigenvalue weighted by molar-refractivity contribution is -0.219. The molecule has 1 unspecified atom stereocenters. The SMILES string of the molecule is CCCCCCCCCCCCCCCC(=O)OC[C@H](COP(=O)(O)OCCNC(=O)CCCCCN=C([O-])CCCC[C@@H]1SC[C@@H]2NC(=O)N[C@@H]21)OC(=O)CCCCCCCCCCCCCCC. The molecule has 0 aromatic rings. The van der Waals surface area contributed by atoms with E-state index >= 15 is 0 Å². The molecule has 0 aromatic carbocycles. The van der Waals surface area contributed by atoms with E-state index in [1.54, 1.807) is 0 Å². The number of fused-ring (bicyclic) bond motifs is 1. The van der Waals surface area contributed by atoms with Crippen LogP contribution in [0.15, 0.2) is 4.99 Å². The van der Waals surface area contributed by atoms with Crippen molar-refractivity contribution < 1.29 is 52.3 Å². The van der Waals surface area contributed by atoms with Gasteiger partial charge in [-0.15, -0.1) is 0 Å². The van der Waals surface area contributed by atoms with E-state index in [0.29, 0.717) is 43.9 Å². The van der Waals surface area contributed by atoms with Crippen LogP contribution in [0.2, 0.25) is 0 Å². The molecule has 0 spiro atoms. The van der Waals surface area contributed by atoms with Crippen molar-refractivity contribution in [1.82, 2.24) is 16.0 Å². The summed E-state index contributed by atoms with van der Waals surface area (Å²) >= 11 is 1.87. The molecule has 2 heterocycles. The molecule has 17 heteroatoms. The van der Waals surface area contributed by atoms with Crippen LogP contribution in [-0.2, 0) is 37.5 Å². The van der Waals surface area contributed by atoms with E-state index < -0.39 is 32.5 Å². The molecule has 5 atom stereocenters. The van der Waals surface area contributed by atoms with Gasteiger partial charge in [-0.2, -0.15) is 11.8 Å². The molecule has 2 aliphatic heterocycles. The van der Waals surface area contributed by atoms with Crippen LogP contribution >= 0.6 is 19.6 Å². The molecular formula is C53H98N4O11PS-. The largest absolute Gasteiger partial charge is 0.862 e. The summed E-state index contributed by atoms with van der Waals surface area (Å²) in [6, 6.07) is 0.289. The number of phosphoric acid groups is 1. The number of unbranched alkanes of at least 4 members (excludes halogenated alkanes) is 27. The second-order valence-electron chi connectivity index (χ2n) is 19.7. The van der Waals surface area contributed by atoms with Crippen LogP contribution in [0.4, 0.5) is 4.79 Å². The second kappa shape index (κ2) is 43.1. The molecule has 0 aromatic heterocycles. The van der Waals surface area contributed by atoms with E-state index in [4.69, 9.17) is 18.5 Å². The lowest BCUT2D eigenvalue weighted by atomic mass is 10.0. The van der Waals surface area contributed by atoms with Crippen LogP contribution in [0.5, 0.6) is 0 Å². The van der Waals surface area contributed by atoms with Crippen LogP contribution in [0.3, 0.4) is 0 Å². The number of carbonyl (C=O) groups is 4. The monoisotopic (exact) mass is 1030 g/mol. The minimum absolute atomic E-state index is 0.0167. The van der Waals surface area contributed by atoms with Crippen molar-refractivity contribution in [3.05, 3.63) is 0 Å². The summed E-state index contributed by atoms with van der Waals surface area (Å²) in [5, 5.41) is 21.2. The molecule has 15 nitrogen and oxygen atoms in total. The average Bonchev–Trinajstić information content (AvgIpc) is 3.90. The van der Waals surface area contributed by atoms with Crippen LogP contribution in [0, 0.1) is 0 Å². The van der Waals surface area contributed by atoms with Crippen LogP contribution < -0.4 is 21.1 Å². The van der Waals surface area contributed by atoms with E-state index in [0.717, 1.165) is 70.0 Å². The van der Waals surface area contributed by atoms with Gasteiger partial charge >= 0.3 is 25.8 Å². The number of esters is 2. The fourth-order valence-corrected chi connectivity index (χ4v) is 11.3. The summed E-state index contributed by atoms with van der Waals surface area (Å²) in [7, 11) is -4.59. The zero-order valence-electron chi connectivity index (χ0n) is 43.8. The number of nitrogens with zero attached hydrogens (tertiary/aromatic N) is 1. The number of hydrogen-bond acceptors (Lipinski definition) is 12. The zero-order valence-corrected chi connectivity index (χ0v) is 45.6. The Morgan fingerprint density at radius 2 is 1.17 bits per heavy atom. The highest BCUT2D eigenvalue weighted by Gasteiger charge is 2.42. The molecule has 0 aliphatic carbocycles. The summed E-state index contributed by atoms with van der Waals surface area (Å²) < 4.78 is 34.0. The first-order chi connectivity index (χ1) is 34.0. The molecule has 2 fully saturated rings. The van der Waals surface area contributed by atoms with Crippen molar-refractivity contribution >= 4 is 49.4 Å². The predicted octanol–water partition coefficient (Wildman–Crippen LogP) is 11.7. The number of rotatable bonds is 49. The maximum absolute atomic E-state index is 12.8. The third kappa shape index (κ3) is 35.7. The van der Waals surface area contributed by atoms with Gasteiger partial charge in [-0.25, -0.2) is 9.36 Å². The van der Waals surface area contributed by atoms with Crippen molar-refractivity contribution in [3.63, 3.8) is 0 Å². The number of ether oxygens (including phenoxy) is 2. The summed E-state index contributed by atoms with van der Waals surface area (Å²) in [6.07, 6.45) is 35.7. The highest BCUT2D eigenvalue weighted by molar-refractivity contribution is 8.00. The van der Waals surface area contributed by atoms with Gasteiger partial charge in [0.05, 0.1) is 25.3 Å². The van der Waals surface area contributed by atoms with Gasteiger partial charge in [0.1, 0.15) is 6.61 Å². The lowest BCUT2D eigenvalue weighted by Crippen LogP contribution is -2.36. The molecule has 2 saturated heterocycles. The van der Waals surface area contributed by atoms with E-state index in [1.165, 1.54) is 116 Å². The Labute approximate surface area is 428 Å². The second-order valence-corrected chi connectivity index (χ2v) is 22.4. The Bertz CT molecular complexity index is 1450. The molecule has 2 aliphatic rings. The normalized spacial score (nSPS) is 18.0. The first-order valence-corrected chi connectivity index (χ1v) is 30.7. The average molecular weight is 1030 g/mol. The molecule has 4 N–H and O–H groups in total. The lowest BCUT2D eigenvalue weighted by Gasteiger charge is -2.20. The Kier molecular flexibility index (Phi) is 39.2. The van der Waals surface area contributed by atoms with Crippen molar-refractivity contribution in [1.29, 1.82) is 0 Å². The number of aliphatic imine (C=N–C) groups is 1. The van der Waals surface area contributed by atoms with Gasteiger partial charge in [0.25, 0.3) is 0 Å². The molecule has 70 heavy (non-hydrogen) atoms. The fraction of sp³-hybridized carbons (Fsp3) is 0.906. The van der Waals surface area contributed by atoms with Crippen LogP contribution in [-0.4, -0.2) is 96.8 Å². The zero-order chi connectivity index (χ0) is 50.8. The van der Waals surface area contributed by atoms with Crippen molar-refractivity contribution in [3.8, 4) is 0 Å². The van der Waals surface area contributed by atoms with Crippen molar-refractivity contribution in [2.45, 2.75) is 268 Å². The Balaban J connectivity index is 1.61. The van der Waals surface area contributed by atoms with E-state index in [9.17, 15) is 33.7 Å². The Hall–Kier alpha value is -2.39. The maximum atomic E-state index is 12.8. The molecule has 0 saturated carbocycles. The number of urea groups is 1. The third-order valence-corrected chi connectivity index (χ3v) is 15.7. The standard InChI is InChI=1S/C53H99N4O11PS/c1-3-5-7-9-11-13-15-17-19-21-23-25-29-37-50(60)65-42-45(68-51(61)38-30-26-24-22-20-18-16-14-12-10-8-6-4-2)43-67-69(63,64)66-41-40-55-49(59)35-28-27-33-39-54-48(58)36-32-31-34-47-52-46(44-70-47)56-53(62)57-52/h45-47,52H,3-44H2,1-2H3,(H,54,58)(H,55,59)(H,63,64)(H2,56,57,62)/p-1/t45-,46+,47+,52+/m1/s1. The van der Waals surface area contributed by atoms with Gasteiger partial charge in [0.15, 0.2) is 6.10 Å². The Morgan fingerprint density at radius 3 is 1.74 bits per heavy atom. The predicted molar refractivity (Wildman–Crippen MR) is 281 cm³/mol. The van der Waals surface area contributed by atoms with Crippen LogP contribution in [0.25, 0.3) is 0 Å². The maximum Gasteiger partial charge on any atom is 0.472 e. The molecule has 0 radical (unpaired) electrons. The van der Waals surface area contributed by atoms with Crippen LogP contribution in [0.1, 0.15) is 245 Å². The van der Waals surface area contributed by atoms with E-state index in [2.05, 4.69) is 34.8 Å². The number of carbonyl (C=O) groups excluding carboxylic acids is 4. The topological polar surface area (TPSA) is 214 Å². The summed E-state index contributed by atoms with van der Waals surface area (Å²) in [4.78, 5) is 63.9. The Morgan fingerprint density at radius 1 is 0.671 bits per heavy atom. The number of hydrogen-bond donors (Lipinski definition) is 4. The molecule has 3 amide bonds. The molecule has 408 valence electrons. The van der Waals surface area contributed by atoms with Crippen molar-refractivity contribution in [2.75, 3.05) is 38.7 Å². The van der Waals surface area contributed by atoms with Gasteiger partial charge in [-0.3, -0.25) is 23.4 Å². The first-order valence-electron chi connectivity index (χ1n) is 28.2. The first kappa shape index (κ1) is 63.7. The minimum atomic E-state index is -4.59. The van der Waals surface area contributed by atoms with Gasteiger partial charge in [-0.05, 0) is 50.8 Å². The summed E-state index contributed by atoms with van der Waals surface area (Å²) in [5.41, 5.74) is 0. The van der Waals surface area contributed by atoms with Crippen molar-refractivity contribution in [2.24, 2.45) is 4.99 Å². The molecule has 2 rings (SSSR count). The summed E-state index contributed by atoms with van der Waals surface area (Å²) in [5.74, 6) is -0.318. The number of phosphoric ester groups is 1. The third-order valence-electron chi connectivity index (χ3n) is 13.2. The van der Waals surface area contributed by atoms with E-state index in [1.807, 2.05) is 11.8 Å². The number of nitrogens with one attached hydrogen (secondary N) is 3. The minimum Gasteiger partial charge on any atom is -0.862 e. The summed E-state index contributed by atoms with van der Waals surface area (Å²) in [6.45, 7) is 3.79. The highest BCUT2D eigenvalue weighted by Crippen LogP contribution is 2.43. The van der Waals surface area contributed by atoms with Gasteiger partial charge in [0, 0.05) is 43.4 Å². The van der Waals surface area contributed by atoms with Gasteiger partial charge in [0.2, 0.25) is 5.91 Å². The molecular weight excluding hydrogens is 932 g/mol. The quantitative estimate of drug-likeness (QED) is 0.0112.